The summed E-state index contributed by atoms with van der Waals surface area (Å²) in [4.78, 5) is 20.8. The number of nitrogens with one attached hydrogen (secondary N) is 1. The molecule has 1 fully saturated rings. The van der Waals surface area contributed by atoms with Crippen molar-refractivity contribution in [1.29, 1.82) is 0 Å². The van der Waals surface area contributed by atoms with Crippen molar-refractivity contribution in [2.24, 2.45) is 4.99 Å². The van der Waals surface area contributed by atoms with Crippen LogP contribution >= 0.6 is 0 Å². The molecule has 1 atom stereocenters. The van der Waals surface area contributed by atoms with Crippen LogP contribution in [0.25, 0.3) is 0 Å². The van der Waals surface area contributed by atoms with Crippen molar-refractivity contribution >= 4 is 11.9 Å². The Morgan fingerprint density at radius 2 is 1.96 bits per heavy atom. The third-order valence-electron chi connectivity index (χ3n) is 4.81. The Balaban J connectivity index is 2.01. The van der Waals surface area contributed by atoms with Gasteiger partial charge < -0.3 is 25.0 Å². The monoisotopic (exact) mass is 376 g/mol. The van der Waals surface area contributed by atoms with Crippen LogP contribution in [0.5, 0.6) is 5.75 Å². The number of guanidine groups is 1. The average molecular weight is 377 g/mol. The van der Waals surface area contributed by atoms with Gasteiger partial charge in [0.05, 0.1) is 25.3 Å². The zero-order chi connectivity index (χ0) is 20.2. The molecule has 1 aromatic carbocycles. The molecule has 1 aromatic rings. The van der Waals surface area contributed by atoms with E-state index in [0.29, 0.717) is 19.0 Å². The number of rotatable bonds is 5. The first-order chi connectivity index (χ1) is 12.7. The fourth-order valence-electron chi connectivity index (χ4n) is 3.78. The van der Waals surface area contributed by atoms with Crippen LogP contribution < -0.4 is 10.1 Å². The molecule has 0 bridgehead atoms. The molecule has 1 aliphatic heterocycles. The minimum absolute atomic E-state index is 0.0832. The zero-order valence-corrected chi connectivity index (χ0v) is 17.2. The van der Waals surface area contributed by atoms with Gasteiger partial charge in [-0.2, -0.15) is 0 Å². The lowest BCUT2D eigenvalue weighted by Gasteiger charge is -2.49. The van der Waals surface area contributed by atoms with Crippen molar-refractivity contribution < 1.29 is 14.6 Å². The molecule has 2 rings (SSSR count). The SMILES string of the molecule is CN=C(NCC(O)c1ccc(OC)cc1)N1CC(=O)N(C(C)C)C(C)(C)C1. The Bertz CT molecular complexity index is 670. The maximum atomic E-state index is 12.6. The van der Waals surface area contributed by atoms with Crippen molar-refractivity contribution in [3.8, 4) is 5.75 Å². The minimum Gasteiger partial charge on any atom is -0.497 e. The highest BCUT2D eigenvalue weighted by atomic mass is 16.5. The highest BCUT2D eigenvalue weighted by Gasteiger charge is 2.40. The molecular weight excluding hydrogens is 344 g/mol. The lowest BCUT2D eigenvalue weighted by molar-refractivity contribution is -0.145. The lowest BCUT2D eigenvalue weighted by Crippen LogP contribution is -2.66. The Morgan fingerprint density at radius 1 is 1.33 bits per heavy atom. The number of aliphatic hydroxyl groups is 1. The van der Waals surface area contributed by atoms with Gasteiger partial charge in [0, 0.05) is 26.2 Å². The number of hydrogen-bond acceptors (Lipinski definition) is 4. The first-order valence-corrected chi connectivity index (χ1v) is 9.29. The Morgan fingerprint density at radius 3 is 2.44 bits per heavy atom. The molecule has 1 saturated heterocycles. The van der Waals surface area contributed by atoms with Gasteiger partial charge in [0.1, 0.15) is 5.75 Å². The minimum atomic E-state index is -0.687. The molecule has 0 aromatic heterocycles. The predicted octanol–water partition coefficient (Wildman–Crippen LogP) is 1.64. The van der Waals surface area contributed by atoms with Crippen LogP contribution in [-0.2, 0) is 4.79 Å². The van der Waals surface area contributed by atoms with Gasteiger partial charge in [-0.25, -0.2) is 0 Å². The van der Waals surface area contributed by atoms with Crippen LogP contribution in [0.3, 0.4) is 0 Å². The number of ether oxygens (including phenoxy) is 1. The molecule has 7 nitrogen and oxygen atoms in total. The molecule has 1 heterocycles. The molecule has 27 heavy (non-hydrogen) atoms. The van der Waals surface area contributed by atoms with Gasteiger partial charge in [-0.15, -0.1) is 0 Å². The molecule has 1 amide bonds. The van der Waals surface area contributed by atoms with E-state index in [1.165, 1.54) is 0 Å². The molecule has 0 radical (unpaired) electrons. The Kier molecular flexibility index (Phi) is 6.70. The summed E-state index contributed by atoms with van der Waals surface area (Å²) in [6.07, 6.45) is -0.687. The van der Waals surface area contributed by atoms with Gasteiger partial charge >= 0.3 is 0 Å². The summed E-state index contributed by atoms with van der Waals surface area (Å²) in [5.74, 6) is 1.45. The van der Waals surface area contributed by atoms with E-state index in [1.54, 1.807) is 14.2 Å². The van der Waals surface area contributed by atoms with Gasteiger partial charge in [0.2, 0.25) is 5.91 Å². The van der Waals surface area contributed by atoms with Gasteiger partial charge in [-0.1, -0.05) is 12.1 Å². The quantitative estimate of drug-likeness (QED) is 0.603. The molecule has 0 aliphatic carbocycles. The van der Waals surface area contributed by atoms with Crippen molar-refractivity contribution in [2.75, 3.05) is 33.8 Å². The average Bonchev–Trinajstić information content (AvgIpc) is 2.60. The summed E-state index contributed by atoms with van der Waals surface area (Å²) in [5.41, 5.74) is 0.496. The summed E-state index contributed by atoms with van der Waals surface area (Å²) in [6, 6.07) is 7.46. The van der Waals surface area contributed by atoms with E-state index >= 15 is 0 Å². The molecule has 1 unspecified atom stereocenters. The van der Waals surface area contributed by atoms with E-state index in [9.17, 15) is 9.90 Å². The maximum absolute atomic E-state index is 12.6. The summed E-state index contributed by atoms with van der Waals surface area (Å²) < 4.78 is 5.14. The largest absolute Gasteiger partial charge is 0.497 e. The topological polar surface area (TPSA) is 77.4 Å². The first-order valence-electron chi connectivity index (χ1n) is 9.29. The number of aliphatic hydroxyl groups excluding tert-OH is 1. The van der Waals surface area contributed by atoms with Gasteiger partial charge in [0.25, 0.3) is 0 Å². The van der Waals surface area contributed by atoms with Crippen molar-refractivity contribution in [2.45, 2.75) is 45.4 Å². The number of methoxy groups -OCH3 is 1. The molecular formula is C20H32N4O3. The van der Waals surface area contributed by atoms with E-state index < -0.39 is 6.10 Å². The van der Waals surface area contributed by atoms with E-state index in [-0.39, 0.29) is 24.0 Å². The molecule has 0 spiro atoms. The summed E-state index contributed by atoms with van der Waals surface area (Å²) in [5, 5.41) is 13.6. The molecule has 0 saturated carbocycles. The molecule has 2 N–H and O–H groups in total. The van der Waals surface area contributed by atoms with E-state index in [1.807, 2.05) is 47.9 Å². The highest BCUT2D eigenvalue weighted by Crippen LogP contribution is 2.24. The number of carbonyl (C=O) groups excluding carboxylic acids is 1. The second kappa shape index (κ2) is 8.61. The summed E-state index contributed by atoms with van der Waals surface area (Å²) >= 11 is 0. The number of amides is 1. The van der Waals surface area contributed by atoms with E-state index in [0.717, 1.165) is 11.3 Å². The lowest BCUT2D eigenvalue weighted by atomic mass is 9.96. The number of nitrogens with zero attached hydrogens (tertiary/aromatic N) is 3. The standard InChI is InChI=1S/C20H32N4O3/c1-14(2)24-18(26)12-23(13-20(24,3)4)19(21-5)22-11-17(25)15-7-9-16(27-6)10-8-15/h7-10,14,17,25H,11-13H2,1-6H3,(H,21,22). The smallest absolute Gasteiger partial charge is 0.242 e. The fraction of sp³-hybridized carbons (Fsp3) is 0.600. The van der Waals surface area contributed by atoms with Gasteiger partial charge in [0.15, 0.2) is 5.96 Å². The van der Waals surface area contributed by atoms with Crippen molar-refractivity contribution in [3.63, 3.8) is 0 Å². The molecule has 7 heteroatoms. The van der Waals surface area contributed by atoms with E-state index in [2.05, 4.69) is 24.2 Å². The third kappa shape index (κ3) is 4.91. The van der Waals surface area contributed by atoms with E-state index in [4.69, 9.17) is 4.74 Å². The van der Waals surface area contributed by atoms with Crippen molar-refractivity contribution in [3.05, 3.63) is 29.8 Å². The number of carbonyl (C=O) groups is 1. The number of hydrogen-bond donors (Lipinski definition) is 2. The summed E-state index contributed by atoms with van der Waals surface area (Å²) in [7, 11) is 3.30. The van der Waals surface area contributed by atoms with Crippen molar-refractivity contribution in [1.82, 2.24) is 15.1 Å². The van der Waals surface area contributed by atoms with Gasteiger partial charge in [-0.05, 0) is 45.4 Å². The van der Waals surface area contributed by atoms with Crippen LogP contribution in [-0.4, -0.2) is 72.1 Å². The van der Waals surface area contributed by atoms with Crippen LogP contribution in [0.1, 0.15) is 39.4 Å². The Hall–Kier alpha value is -2.28. The number of benzene rings is 1. The van der Waals surface area contributed by atoms with Crippen LogP contribution in [0, 0.1) is 0 Å². The first kappa shape index (κ1) is 21.0. The predicted molar refractivity (Wildman–Crippen MR) is 107 cm³/mol. The molecule has 1 aliphatic rings. The summed E-state index contributed by atoms with van der Waals surface area (Å²) in [6.45, 7) is 9.46. The number of aliphatic imine (C=N–C) groups is 1. The van der Waals surface area contributed by atoms with Crippen LogP contribution in [0.15, 0.2) is 29.3 Å². The maximum Gasteiger partial charge on any atom is 0.242 e. The van der Waals surface area contributed by atoms with Crippen LogP contribution in [0.4, 0.5) is 0 Å². The highest BCUT2D eigenvalue weighted by molar-refractivity contribution is 5.88. The normalized spacial score (nSPS) is 18.7. The second-order valence-corrected chi connectivity index (χ2v) is 7.74. The Labute approximate surface area is 162 Å². The fourth-order valence-corrected chi connectivity index (χ4v) is 3.78. The zero-order valence-electron chi connectivity index (χ0n) is 17.2. The second-order valence-electron chi connectivity index (χ2n) is 7.74. The van der Waals surface area contributed by atoms with Crippen LogP contribution in [0.2, 0.25) is 0 Å². The van der Waals surface area contributed by atoms with Gasteiger partial charge in [-0.3, -0.25) is 9.79 Å². The number of piperazine rings is 1. The molecule has 150 valence electrons. The third-order valence-corrected chi connectivity index (χ3v) is 4.81.